The molecule has 0 unspecified atom stereocenters. The van der Waals surface area contributed by atoms with Gasteiger partial charge in [0.15, 0.2) is 0 Å². The fourth-order valence-electron chi connectivity index (χ4n) is 1.85. The van der Waals surface area contributed by atoms with Crippen LogP contribution in [0.15, 0.2) is 0 Å². The molecular formula is C14H24O5. The van der Waals surface area contributed by atoms with E-state index in [1.54, 1.807) is 0 Å². The molecule has 0 saturated carbocycles. The number of hydrogen-bond acceptors (Lipinski definition) is 3. The minimum atomic E-state index is -0.785. The Bertz CT molecular complexity index is 286. The SMILES string of the molecule is O=C(O)CCCCCCC(=O)CCCCCC(=O)O. The first-order valence-electron chi connectivity index (χ1n) is 6.97. The average Bonchev–Trinajstić information content (AvgIpc) is 2.32. The van der Waals surface area contributed by atoms with Crippen molar-refractivity contribution >= 4 is 17.7 Å². The van der Waals surface area contributed by atoms with Crippen LogP contribution in [0.2, 0.25) is 0 Å². The van der Waals surface area contributed by atoms with Gasteiger partial charge < -0.3 is 10.2 Å². The first kappa shape index (κ1) is 17.6. The topological polar surface area (TPSA) is 91.7 Å². The van der Waals surface area contributed by atoms with Crippen molar-refractivity contribution in [3.8, 4) is 0 Å². The molecule has 0 radical (unpaired) electrons. The van der Waals surface area contributed by atoms with Crippen molar-refractivity contribution in [1.29, 1.82) is 0 Å². The zero-order valence-electron chi connectivity index (χ0n) is 11.4. The molecule has 5 nitrogen and oxygen atoms in total. The quantitative estimate of drug-likeness (QED) is 0.503. The molecule has 2 N–H and O–H groups in total. The van der Waals surface area contributed by atoms with E-state index in [1.807, 2.05) is 0 Å². The molecule has 0 heterocycles. The number of unbranched alkanes of at least 4 members (excludes halogenated alkanes) is 5. The van der Waals surface area contributed by atoms with Crippen LogP contribution < -0.4 is 0 Å². The Hall–Kier alpha value is -1.39. The van der Waals surface area contributed by atoms with E-state index in [0.717, 1.165) is 32.1 Å². The number of carbonyl (C=O) groups is 3. The van der Waals surface area contributed by atoms with Gasteiger partial charge in [0.1, 0.15) is 5.78 Å². The highest BCUT2D eigenvalue weighted by Gasteiger charge is 2.03. The predicted molar refractivity (Wildman–Crippen MR) is 71.1 cm³/mol. The second-order valence-corrected chi connectivity index (χ2v) is 4.80. The van der Waals surface area contributed by atoms with Gasteiger partial charge in [0.05, 0.1) is 0 Å². The summed E-state index contributed by atoms with van der Waals surface area (Å²) in [4.78, 5) is 32.0. The van der Waals surface area contributed by atoms with Crippen molar-refractivity contribution in [2.75, 3.05) is 0 Å². The molecule has 0 aromatic rings. The van der Waals surface area contributed by atoms with Crippen molar-refractivity contribution in [2.45, 2.75) is 70.6 Å². The molecule has 0 bridgehead atoms. The van der Waals surface area contributed by atoms with E-state index in [-0.39, 0.29) is 18.6 Å². The summed E-state index contributed by atoms with van der Waals surface area (Å²) in [5, 5.41) is 16.9. The first-order valence-corrected chi connectivity index (χ1v) is 6.97. The van der Waals surface area contributed by atoms with Crippen LogP contribution in [0, 0.1) is 0 Å². The maximum atomic E-state index is 11.5. The van der Waals surface area contributed by atoms with E-state index in [9.17, 15) is 14.4 Å². The van der Waals surface area contributed by atoms with Crippen LogP contribution in [-0.4, -0.2) is 27.9 Å². The number of carboxylic acid groups (broad SMARTS) is 2. The smallest absolute Gasteiger partial charge is 0.303 e. The summed E-state index contributed by atoms with van der Waals surface area (Å²) in [7, 11) is 0. The van der Waals surface area contributed by atoms with E-state index < -0.39 is 11.9 Å². The van der Waals surface area contributed by atoms with Crippen LogP contribution in [0.4, 0.5) is 0 Å². The lowest BCUT2D eigenvalue weighted by atomic mass is 10.0. The van der Waals surface area contributed by atoms with Crippen LogP contribution in [0.25, 0.3) is 0 Å². The van der Waals surface area contributed by atoms with Gasteiger partial charge >= 0.3 is 11.9 Å². The Balaban J connectivity index is 3.26. The Morgan fingerprint density at radius 3 is 1.21 bits per heavy atom. The third-order valence-electron chi connectivity index (χ3n) is 2.94. The van der Waals surface area contributed by atoms with Crippen molar-refractivity contribution in [1.82, 2.24) is 0 Å². The Labute approximate surface area is 114 Å². The largest absolute Gasteiger partial charge is 0.481 e. The minimum absolute atomic E-state index is 0.178. The van der Waals surface area contributed by atoms with Gasteiger partial charge in [-0.1, -0.05) is 19.3 Å². The molecule has 110 valence electrons. The maximum Gasteiger partial charge on any atom is 0.303 e. The summed E-state index contributed by atoms with van der Waals surface area (Å²) in [5.41, 5.74) is 0. The van der Waals surface area contributed by atoms with E-state index in [1.165, 1.54) is 0 Å². The zero-order valence-corrected chi connectivity index (χ0v) is 11.4. The zero-order chi connectivity index (χ0) is 14.5. The maximum absolute atomic E-state index is 11.5. The molecular weight excluding hydrogens is 248 g/mol. The Kier molecular flexibility index (Phi) is 10.8. The lowest BCUT2D eigenvalue weighted by Crippen LogP contribution is -1.99. The van der Waals surface area contributed by atoms with Gasteiger partial charge in [-0.3, -0.25) is 14.4 Å². The van der Waals surface area contributed by atoms with Crippen LogP contribution in [0.1, 0.15) is 70.6 Å². The molecule has 0 amide bonds. The highest BCUT2D eigenvalue weighted by Crippen LogP contribution is 2.09. The number of Topliss-reactive ketones (excluding diaryl/α,β-unsaturated/α-hetero) is 1. The second-order valence-electron chi connectivity index (χ2n) is 4.80. The highest BCUT2D eigenvalue weighted by molar-refractivity contribution is 5.78. The van der Waals surface area contributed by atoms with Gasteiger partial charge in [-0.25, -0.2) is 0 Å². The average molecular weight is 272 g/mol. The number of carbonyl (C=O) groups excluding carboxylic acids is 1. The van der Waals surface area contributed by atoms with E-state index in [2.05, 4.69) is 0 Å². The van der Waals surface area contributed by atoms with Gasteiger partial charge in [-0.2, -0.15) is 0 Å². The second kappa shape index (κ2) is 11.7. The van der Waals surface area contributed by atoms with Crippen molar-refractivity contribution in [2.24, 2.45) is 0 Å². The standard InChI is InChI=1S/C14H24O5/c15-12(9-5-3-7-11-14(18)19)8-4-1-2-6-10-13(16)17/h1-11H2,(H,16,17)(H,18,19). The number of hydrogen-bond donors (Lipinski definition) is 2. The summed E-state index contributed by atoms with van der Waals surface area (Å²) < 4.78 is 0. The summed E-state index contributed by atoms with van der Waals surface area (Å²) in [6, 6.07) is 0. The molecule has 0 aromatic carbocycles. The molecule has 0 fully saturated rings. The van der Waals surface area contributed by atoms with Crippen LogP contribution in [-0.2, 0) is 14.4 Å². The predicted octanol–water partition coefficient (Wildman–Crippen LogP) is 3.02. The number of aliphatic carboxylic acids is 2. The minimum Gasteiger partial charge on any atom is -0.481 e. The third kappa shape index (κ3) is 14.6. The molecule has 0 aromatic heterocycles. The van der Waals surface area contributed by atoms with Gasteiger partial charge in [-0.05, 0) is 25.7 Å². The van der Waals surface area contributed by atoms with E-state index >= 15 is 0 Å². The number of carboxylic acids is 2. The van der Waals surface area contributed by atoms with Crippen molar-refractivity contribution in [3.05, 3.63) is 0 Å². The Morgan fingerprint density at radius 2 is 0.842 bits per heavy atom. The molecule has 19 heavy (non-hydrogen) atoms. The molecule has 0 spiro atoms. The monoisotopic (exact) mass is 272 g/mol. The summed E-state index contributed by atoms with van der Waals surface area (Å²) in [6.07, 6.45) is 6.94. The van der Waals surface area contributed by atoms with Gasteiger partial charge in [0.25, 0.3) is 0 Å². The molecule has 0 aliphatic rings. The number of rotatable bonds is 13. The molecule has 0 aliphatic heterocycles. The normalized spacial score (nSPS) is 10.3. The van der Waals surface area contributed by atoms with Crippen molar-refractivity contribution < 1.29 is 24.6 Å². The molecule has 0 aliphatic carbocycles. The lowest BCUT2D eigenvalue weighted by Gasteiger charge is -2.01. The van der Waals surface area contributed by atoms with Crippen LogP contribution in [0.5, 0.6) is 0 Å². The fraction of sp³-hybridized carbons (Fsp3) is 0.786. The van der Waals surface area contributed by atoms with E-state index in [0.29, 0.717) is 25.7 Å². The first-order chi connectivity index (χ1) is 9.02. The van der Waals surface area contributed by atoms with E-state index in [4.69, 9.17) is 10.2 Å². The molecule has 0 atom stereocenters. The Morgan fingerprint density at radius 1 is 0.526 bits per heavy atom. The summed E-state index contributed by atoms with van der Waals surface area (Å²) >= 11 is 0. The number of ketones is 1. The van der Waals surface area contributed by atoms with Gasteiger partial charge in [-0.15, -0.1) is 0 Å². The summed E-state index contributed by atoms with van der Waals surface area (Å²) in [5.74, 6) is -1.32. The molecule has 0 rings (SSSR count). The molecule has 5 heteroatoms. The summed E-state index contributed by atoms with van der Waals surface area (Å²) in [6.45, 7) is 0. The van der Waals surface area contributed by atoms with Crippen LogP contribution >= 0.6 is 0 Å². The third-order valence-corrected chi connectivity index (χ3v) is 2.94. The van der Waals surface area contributed by atoms with Crippen LogP contribution in [0.3, 0.4) is 0 Å². The highest BCUT2D eigenvalue weighted by atomic mass is 16.4. The lowest BCUT2D eigenvalue weighted by molar-refractivity contribution is -0.138. The molecule has 0 saturated heterocycles. The van der Waals surface area contributed by atoms with Crippen molar-refractivity contribution in [3.63, 3.8) is 0 Å². The fourth-order valence-corrected chi connectivity index (χ4v) is 1.85. The van der Waals surface area contributed by atoms with Gasteiger partial charge in [0, 0.05) is 25.7 Å². The van der Waals surface area contributed by atoms with Gasteiger partial charge in [0.2, 0.25) is 0 Å².